The van der Waals surface area contributed by atoms with Crippen molar-refractivity contribution in [2.75, 3.05) is 0 Å². The number of benzene rings is 1. The number of rotatable bonds is 1. The predicted octanol–water partition coefficient (Wildman–Crippen LogP) is 2.37. The van der Waals surface area contributed by atoms with Crippen molar-refractivity contribution in [1.29, 1.82) is 0 Å². The Morgan fingerprint density at radius 3 is 3.00 bits per heavy atom. The molecule has 1 aromatic carbocycles. The van der Waals surface area contributed by atoms with Crippen molar-refractivity contribution in [2.24, 2.45) is 4.99 Å². The predicted molar refractivity (Wildman–Crippen MR) is 66.8 cm³/mol. The summed E-state index contributed by atoms with van der Waals surface area (Å²) >= 11 is 5.89. The molecule has 0 saturated carbocycles. The molecule has 3 rings (SSSR count). The third-order valence-corrected chi connectivity index (χ3v) is 2.97. The Balaban J connectivity index is 1.96. The van der Waals surface area contributed by atoms with Gasteiger partial charge < -0.3 is 5.11 Å². The first-order chi connectivity index (χ1) is 8.63. The van der Waals surface area contributed by atoms with Crippen LogP contribution >= 0.6 is 11.6 Å². The molecule has 0 bridgehead atoms. The highest BCUT2D eigenvalue weighted by molar-refractivity contribution is 6.31. The fraction of sp³-hybridized carbons (Fsp3) is 0.0833. The number of hydrogen-bond donors (Lipinski definition) is 1. The molecule has 1 aliphatic heterocycles. The Labute approximate surface area is 107 Å². The van der Waals surface area contributed by atoms with E-state index in [0.717, 1.165) is 11.3 Å². The fourth-order valence-corrected chi connectivity index (χ4v) is 2.01. The molecule has 0 amide bonds. The smallest absolute Gasteiger partial charge is 0.338 e. The van der Waals surface area contributed by atoms with Crippen molar-refractivity contribution in [2.45, 2.75) is 6.42 Å². The zero-order chi connectivity index (χ0) is 12.7. The molecule has 1 aromatic heterocycles. The van der Waals surface area contributed by atoms with Crippen LogP contribution in [0.4, 0.5) is 5.69 Å². The van der Waals surface area contributed by atoms with Gasteiger partial charge in [-0.2, -0.15) is 5.10 Å². The molecule has 1 aliphatic rings. The summed E-state index contributed by atoms with van der Waals surface area (Å²) in [6, 6.07) is 5.51. The summed E-state index contributed by atoms with van der Waals surface area (Å²) < 4.78 is 1.48. The van der Waals surface area contributed by atoms with Crippen LogP contribution in [0.3, 0.4) is 0 Å². The van der Waals surface area contributed by atoms with Gasteiger partial charge in [0, 0.05) is 17.6 Å². The number of hydrogen-bond acceptors (Lipinski definition) is 3. The Morgan fingerprint density at radius 2 is 2.28 bits per heavy atom. The normalized spacial score (nSPS) is 13.3. The lowest BCUT2D eigenvalue weighted by Gasteiger charge is -1.98. The number of aromatic carboxylic acids is 1. The standard InChI is InChI=1S/C12H8ClN3O2/c13-9-2-1-7-3-11(15-10(7)4-9)16-6-8(5-14-16)12(17)18/h1-2,4-6H,3H2,(H,17,18). The van der Waals surface area contributed by atoms with E-state index in [1.165, 1.54) is 17.1 Å². The lowest BCUT2D eigenvalue weighted by atomic mass is 10.1. The molecule has 0 unspecified atom stereocenters. The Hall–Kier alpha value is -2.14. The third-order valence-electron chi connectivity index (χ3n) is 2.74. The van der Waals surface area contributed by atoms with Crippen molar-refractivity contribution in [3.8, 4) is 0 Å². The van der Waals surface area contributed by atoms with Crippen LogP contribution in [-0.4, -0.2) is 26.7 Å². The van der Waals surface area contributed by atoms with Crippen molar-refractivity contribution >= 4 is 29.1 Å². The molecular weight excluding hydrogens is 254 g/mol. The van der Waals surface area contributed by atoms with Gasteiger partial charge in [-0.1, -0.05) is 17.7 Å². The molecule has 0 saturated heterocycles. The first-order valence-corrected chi connectivity index (χ1v) is 5.65. The minimum Gasteiger partial charge on any atom is -0.478 e. The zero-order valence-electron chi connectivity index (χ0n) is 9.17. The topological polar surface area (TPSA) is 67.5 Å². The summed E-state index contributed by atoms with van der Waals surface area (Å²) in [5.41, 5.74) is 2.01. The minimum absolute atomic E-state index is 0.145. The van der Waals surface area contributed by atoms with Crippen LogP contribution in [0.5, 0.6) is 0 Å². The van der Waals surface area contributed by atoms with Crippen LogP contribution in [0, 0.1) is 0 Å². The van der Waals surface area contributed by atoms with Gasteiger partial charge in [0.25, 0.3) is 0 Å². The first-order valence-electron chi connectivity index (χ1n) is 5.28. The molecule has 0 atom stereocenters. The second-order valence-corrected chi connectivity index (χ2v) is 4.39. The van der Waals surface area contributed by atoms with Gasteiger partial charge in [0.1, 0.15) is 5.84 Å². The second-order valence-electron chi connectivity index (χ2n) is 3.96. The van der Waals surface area contributed by atoms with Gasteiger partial charge in [-0.05, 0) is 17.7 Å². The molecule has 0 spiro atoms. The maximum Gasteiger partial charge on any atom is 0.338 e. The number of nitrogens with zero attached hydrogens (tertiary/aromatic N) is 3. The SMILES string of the molecule is O=C(O)c1cnn(C2=Nc3cc(Cl)ccc3C2)c1. The van der Waals surface area contributed by atoms with Gasteiger partial charge in [-0.25, -0.2) is 14.5 Å². The molecule has 0 fully saturated rings. The minimum atomic E-state index is -1.000. The Bertz CT molecular complexity index is 676. The summed E-state index contributed by atoms with van der Waals surface area (Å²) in [4.78, 5) is 15.2. The average molecular weight is 262 g/mol. The lowest BCUT2D eigenvalue weighted by Crippen LogP contribution is -2.12. The van der Waals surface area contributed by atoms with Crippen molar-refractivity contribution in [3.05, 3.63) is 46.7 Å². The van der Waals surface area contributed by atoms with Gasteiger partial charge in [0.15, 0.2) is 0 Å². The van der Waals surface area contributed by atoms with E-state index in [2.05, 4.69) is 10.1 Å². The van der Waals surface area contributed by atoms with Crippen LogP contribution in [0.25, 0.3) is 0 Å². The highest BCUT2D eigenvalue weighted by Crippen LogP contribution is 2.29. The van der Waals surface area contributed by atoms with Gasteiger partial charge >= 0.3 is 5.97 Å². The van der Waals surface area contributed by atoms with Gasteiger partial charge in [-0.3, -0.25) is 0 Å². The molecule has 2 aromatic rings. The van der Waals surface area contributed by atoms with E-state index in [0.29, 0.717) is 17.3 Å². The third kappa shape index (κ3) is 1.78. The van der Waals surface area contributed by atoms with Gasteiger partial charge in [-0.15, -0.1) is 0 Å². The second kappa shape index (κ2) is 3.96. The van der Waals surface area contributed by atoms with Crippen molar-refractivity contribution in [1.82, 2.24) is 9.78 Å². The highest BCUT2D eigenvalue weighted by atomic mass is 35.5. The molecule has 0 radical (unpaired) electrons. The summed E-state index contributed by atoms with van der Waals surface area (Å²) in [5.74, 6) is -0.305. The average Bonchev–Trinajstić information content (AvgIpc) is 2.93. The fourth-order valence-electron chi connectivity index (χ4n) is 1.85. The van der Waals surface area contributed by atoms with Crippen molar-refractivity contribution < 1.29 is 9.90 Å². The number of halogens is 1. The monoisotopic (exact) mass is 261 g/mol. The molecule has 0 aliphatic carbocycles. The van der Waals surface area contributed by atoms with Crippen LogP contribution in [-0.2, 0) is 6.42 Å². The first kappa shape index (κ1) is 11.0. The van der Waals surface area contributed by atoms with E-state index < -0.39 is 5.97 Å². The van der Waals surface area contributed by atoms with Crippen molar-refractivity contribution in [3.63, 3.8) is 0 Å². The van der Waals surface area contributed by atoms with E-state index in [1.807, 2.05) is 12.1 Å². The molecule has 2 heterocycles. The Morgan fingerprint density at radius 1 is 1.44 bits per heavy atom. The van der Waals surface area contributed by atoms with E-state index >= 15 is 0 Å². The maximum absolute atomic E-state index is 10.8. The van der Waals surface area contributed by atoms with Crippen LogP contribution < -0.4 is 0 Å². The van der Waals surface area contributed by atoms with Crippen LogP contribution in [0.15, 0.2) is 35.6 Å². The van der Waals surface area contributed by atoms with E-state index in [-0.39, 0.29) is 5.56 Å². The van der Waals surface area contributed by atoms with Gasteiger partial charge in [0.05, 0.1) is 17.4 Å². The molecule has 5 nitrogen and oxygen atoms in total. The summed E-state index contributed by atoms with van der Waals surface area (Å²) in [6.07, 6.45) is 3.38. The van der Waals surface area contributed by atoms with Crippen LogP contribution in [0.2, 0.25) is 5.02 Å². The number of fused-ring (bicyclic) bond motifs is 1. The molecule has 6 heteroatoms. The number of aromatic nitrogens is 2. The summed E-state index contributed by atoms with van der Waals surface area (Å²) in [7, 11) is 0. The summed E-state index contributed by atoms with van der Waals surface area (Å²) in [6.45, 7) is 0. The van der Waals surface area contributed by atoms with Crippen LogP contribution in [0.1, 0.15) is 15.9 Å². The number of aliphatic imine (C=N–C) groups is 1. The summed E-state index contributed by atoms with van der Waals surface area (Å²) in [5, 5.41) is 13.5. The highest BCUT2D eigenvalue weighted by Gasteiger charge is 2.18. The van der Waals surface area contributed by atoms with E-state index in [4.69, 9.17) is 16.7 Å². The molecule has 90 valence electrons. The number of carboxylic acids is 1. The number of carbonyl (C=O) groups is 1. The van der Waals surface area contributed by atoms with Gasteiger partial charge in [0.2, 0.25) is 0 Å². The van der Waals surface area contributed by atoms with E-state index in [1.54, 1.807) is 6.07 Å². The largest absolute Gasteiger partial charge is 0.478 e. The maximum atomic E-state index is 10.8. The lowest BCUT2D eigenvalue weighted by molar-refractivity contribution is 0.0697. The number of carboxylic acid groups (broad SMARTS) is 1. The quantitative estimate of drug-likeness (QED) is 0.857. The molecule has 1 N–H and O–H groups in total. The molecule has 18 heavy (non-hydrogen) atoms. The molecular formula is C12H8ClN3O2. The Kier molecular flexibility index (Phi) is 2.41. The zero-order valence-corrected chi connectivity index (χ0v) is 9.92. The van der Waals surface area contributed by atoms with E-state index in [9.17, 15) is 4.79 Å².